The van der Waals surface area contributed by atoms with Crippen LogP contribution in [-0.4, -0.2) is 53.6 Å². The highest BCUT2D eigenvalue weighted by Gasteiger charge is 2.42. The Morgan fingerprint density at radius 1 is 1.31 bits per heavy atom. The number of nitrogens with zero attached hydrogens (tertiary/aromatic N) is 2. The Bertz CT molecular complexity index is 882. The van der Waals surface area contributed by atoms with Gasteiger partial charge in [0.25, 0.3) is 5.91 Å². The number of piperidine rings is 1. The number of hydrogen-bond acceptors (Lipinski definition) is 6. The van der Waals surface area contributed by atoms with Crippen molar-refractivity contribution < 1.29 is 27.5 Å². The third kappa shape index (κ3) is 3.26. The van der Waals surface area contributed by atoms with Gasteiger partial charge in [0.1, 0.15) is 5.69 Å². The number of alkyl halides is 3. The van der Waals surface area contributed by atoms with Crippen LogP contribution in [0, 0.1) is 5.92 Å². The lowest BCUT2D eigenvalue weighted by Crippen LogP contribution is -2.43. The van der Waals surface area contributed by atoms with E-state index >= 15 is 0 Å². The van der Waals surface area contributed by atoms with Crippen molar-refractivity contribution in [2.45, 2.75) is 18.6 Å². The van der Waals surface area contributed by atoms with Crippen LogP contribution in [0.5, 0.6) is 5.06 Å². The zero-order valence-electron chi connectivity index (χ0n) is 13.4. The van der Waals surface area contributed by atoms with E-state index < -0.39 is 12.1 Å². The number of thiophene rings is 1. The number of carbonyl (C=O) groups excluding carboxylic acids is 2. The number of ether oxygens (including phenoxy) is 1. The zero-order chi connectivity index (χ0) is 18.5. The second-order valence-electron chi connectivity index (χ2n) is 6.45. The summed E-state index contributed by atoms with van der Waals surface area (Å²) in [5.74, 6) is -2.13. The minimum Gasteiger partial charge on any atom is -0.409 e. The molecule has 0 spiro atoms. The molecular formula is C16H14F3N3O3S. The first-order valence-corrected chi connectivity index (χ1v) is 8.83. The summed E-state index contributed by atoms with van der Waals surface area (Å²) in [5, 5.41) is 3.29. The molecule has 1 N–H and O–H groups in total. The van der Waals surface area contributed by atoms with Crippen LogP contribution in [0.25, 0.3) is 10.1 Å². The average molecular weight is 385 g/mol. The molecule has 10 heteroatoms. The fourth-order valence-corrected chi connectivity index (χ4v) is 4.34. The van der Waals surface area contributed by atoms with E-state index in [1.165, 1.54) is 18.3 Å². The third-order valence-corrected chi connectivity index (χ3v) is 5.66. The van der Waals surface area contributed by atoms with Crippen molar-refractivity contribution in [3.8, 4) is 5.06 Å². The standard InChI is InChI=1S/C16H14F3N3O3S/c17-16(18,19)15(24)25-13-3-9-5-20-10(4-12(9)26-13)14(23)21-11-7-22-2-1-8(11)6-22/h3-5,8,11H,1-2,6-7H2,(H,21,23). The Labute approximate surface area is 149 Å². The predicted octanol–water partition coefficient (Wildman–Crippen LogP) is 2.20. The van der Waals surface area contributed by atoms with Crippen molar-refractivity contribution in [3.63, 3.8) is 0 Å². The molecule has 0 aliphatic carbocycles. The van der Waals surface area contributed by atoms with E-state index in [2.05, 4.69) is 19.9 Å². The first-order valence-electron chi connectivity index (χ1n) is 8.01. The van der Waals surface area contributed by atoms with E-state index in [4.69, 9.17) is 0 Å². The van der Waals surface area contributed by atoms with Crippen molar-refractivity contribution in [2.24, 2.45) is 5.92 Å². The van der Waals surface area contributed by atoms with Gasteiger partial charge in [-0.2, -0.15) is 13.2 Å². The number of rotatable bonds is 3. The van der Waals surface area contributed by atoms with E-state index in [1.54, 1.807) is 0 Å². The van der Waals surface area contributed by atoms with Crippen LogP contribution in [-0.2, 0) is 4.79 Å². The summed E-state index contributed by atoms with van der Waals surface area (Å²) < 4.78 is 41.7. The molecule has 2 aromatic rings. The largest absolute Gasteiger partial charge is 0.491 e. The summed E-state index contributed by atoms with van der Waals surface area (Å²) in [6.07, 6.45) is -2.61. The van der Waals surface area contributed by atoms with Gasteiger partial charge < -0.3 is 15.0 Å². The van der Waals surface area contributed by atoms with Crippen LogP contribution >= 0.6 is 11.3 Å². The van der Waals surface area contributed by atoms with Crippen molar-refractivity contribution in [2.75, 3.05) is 19.6 Å². The molecule has 2 saturated heterocycles. The van der Waals surface area contributed by atoms with Crippen LogP contribution in [0.4, 0.5) is 13.2 Å². The second-order valence-corrected chi connectivity index (χ2v) is 7.49. The van der Waals surface area contributed by atoms with Gasteiger partial charge in [0.05, 0.1) is 0 Å². The maximum absolute atomic E-state index is 12.4. The number of aromatic nitrogens is 1. The Morgan fingerprint density at radius 3 is 2.77 bits per heavy atom. The molecule has 0 saturated carbocycles. The number of hydrogen-bond donors (Lipinski definition) is 1. The third-order valence-electron chi connectivity index (χ3n) is 4.69. The molecule has 2 aliphatic heterocycles. The molecule has 138 valence electrons. The smallest absolute Gasteiger partial charge is 0.409 e. The predicted molar refractivity (Wildman–Crippen MR) is 87.1 cm³/mol. The van der Waals surface area contributed by atoms with Gasteiger partial charge in [-0.25, -0.2) is 4.79 Å². The van der Waals surface area contributed by atoms with E-state index in [1.807, 2.05) is 0 Å². The van der Waals surface area contributed by atoms with Gasteiger partial charge in [0.15, 0.2) is 5.06 Å². The lowest BCUT2D eigenvalue weighted by Gasteiger charge is -2.22. The van der Waals surface area contributed by atoms with Crippen LogP contribution < -0.4 is 10.1 Å². The highest BCUT2D eigenvalue weighted by Crippen LogP contribution is 2.33. The zero-order valence-corrected chi connectivity index (χ0v) is 14.2. The minimum absolute atomic E-state index is 0.0976. The number of esters is 1. The molecule has 3 atom stereocenters. The molecule has 2 fully saturated rings. The maximum Gasteiger partial charge on any atom is 0.491 e. The van der Waals surface area contributed by atoms with Crippen molar-refractivity contribution in [3.05, 3.63) is 24.0 Å². The second kappa shape index (κ2) is 6.20. The summed E-state index contributed by atoms with van der Waals surface area (Å²) in [7, 11) is 0. The summed E-state index contributed by atoms with van der Waals surface area (Å²) >= 11 is 0.857. The van der Waals surface area contributed by atoms with Crippen LogP contribution in [0.3, 0.4) is 0 Å². The fourth-order valence-electron chi connectivity index (χ4n) is 3.42. The topological polar surface area (TPSA) is 71.5 Å². The number of fused-ring (bicyclic) bond motifs is 3. The molecule has 1 amide bonds. The van der Waals surface area contributed by atoms with Gasteiger partial charge in [-0.15, -0.1) is 0 Å². The molecule has 2 aliphatic rings. The Balaban J connectivity index is 1.48. The van der Waals surface area contributed by atoms with Gasteiger partial charge in [-0.1, -0.05) is 11.3 Å². The molecular weight excluding hydrogens is 371 g/mol. The van der Waals surface area contributed by atoms with Crippen LogP contribution in [0.15, 0.2) is 18.3 Å². The molecule has 26 heavy (non-hydrogen) atoms. The molecule has 3 unspecified atom stereocenters. The molecule has 2 bridgehead atoms. The fraction of sp³-hybridized carbons (Fsp3) is 0.438. The van der Waals surface area contributed by atoms with E-state index in [0.717, 1.165) is 37.4 Å². The quantitative estimate of drug-likeness (QED) is 0.821. The summed E-state index contributed by atoms with van der Waals surface area (Å²) in [6.45, 7) is 2.89. The Hall–Kier alpha value is -2.20. The highest BCUT2D eigenvalue weighted by atomic mass is 32.1. The maximum atomic E-state index is 12.4. The first kappa shape index (κ1) is 17.2. The lowest BCUT2D eigenvalue weighted by atomic mass is 10.00. The number of carbonyl (C=O) groups is 2. The number of pyridine rings is 1. The number of nitrogens with one attached hydrogen (secondary N) is 1. The lowest BCUT2D eigenvalue weighted by molar-refractivity contribution is -0.189. The van der Waals surface area contributed by atoms with Gasteiger partial charge in [0.2, 0.25) is 0 Å². The van der Waals surface area contributed by atoms with Crippen LogP contribution in [0.1, 0.15) is 16.9 Å². The number of amides is 1. The molecule has 2 aromatic heterocycles. The van der Waals surface area contributed by atoms with E-state index in [9.17, 15) is 22.8 Å². The molecule has 0 radical (unpaired) electrons. The summed E-state index contributed by atoms with van der Waals surface area (Å²) in [5.41, 5.74) is 0.186. The van der Waals surface area contributed by atoms with Gasteiger partial charge in [-0.05, 0) is 24.9 Å². The molecule has 0 aromatic carbocycles. The monoisotopic (exact) mass is 385 g/mol. The van der Waals surface area contributed by atoms with Gasteiger partial charge in [-0.3, -0.25) is 9.78 Å². The molecule has 4 rings (SSSR count). The highest BCUT2D eigenvalue weighted by molar-refractivity contribution is 7.20. The van der Waals surface area contributed by atoms with Gasteiger partial charge in [0, 0.05) is 41.5 Å². The van der Waals surface area contributed by atoms with Crippen molar-refractivity contribution in [1.82, 2.24) is 15.2 Å². The summed E-state index contributed by atoms with van der Waals surface area (Å²) in [6, 6.07) is 2.88. The van der Waals surface area contributed by atoms with Gasteiger partial charge >= 0.3 is 12.1 Å². The Kier molecular flexibility index (Phi) is 4.11. The SMILES string of the molecule is O=C(NC1CN2CCC1C2)c1cc2sc(OC(=O)C(F)(F)F)cc2cn1. The average Bonchev–Trinajstić information content (AvgIpc) is 3.27. The normalized spacial score (nSPS) is 24.8. The van der Waals surface area contributed by atoms with E-state index in [0.29, 0.717) is 16.0 Å². The summed E-state index contributed by atoms with van der Waals surface area (Å²) in [4.78, 5) is 29.7. The van der Waals surface area contributed by atoms with E-state index in [-0.39, 0.29) is 22.7 Å². The first-order chi connectivity index (χ1) is 12.3. The molecule has 4 heterocycles. The van der Waals surface area contributed by atoms with Crippen molar-refractivity contribution >= 4 is 33.3 Å². The number of halogens is 3. The molecule has 6 nitrogen and oxygen atoms in total. The Morgan fingerprint density at radius 2 is 2.12 bits per heavy atom. The van der Waals surface area contributed by atoms with Crippen molar-refractivity contribution in [1.29, 1.82) is 0 Å². The minimum atomic E-state index is -5.06. The van der Waals surface area contributed by atoms with Crippen LogP contribution in [0.2, 0.25) is 0 Å².